The summed E-state index contributed by atoms with van der Waals surface area (Å²) in [6.45, 7) is 0. The van der Waals surface area contributed by atoms with E-state index in [4.69, 9.17) is 0 Å². The Bertz CT molecular complexity index is 1080. The zero-order valence-electron chi connectivity index (χ0n) is 12.2. The molecular weight excluding hydrogens is 284 g/mol. The summed E-state index contributed by atoms with van der Waals surface area (Å²) < 4.78 is 1.58. The van der Waals surface area contributed by atoms with Gasteiger partial charge in [-0.3, -0.25) is 0 Å². The van der Waals surface area contributed by atoms with E-state index in [1.54, 1.807) is 4.68 Å². The highest BCUT2D eigenvalue weighted by atomic mass is 15.4. The minimum absolute atomic E-state index is 0.440. The van der Waals surface area contributed by atoms with Gasteiger partial charge in [0.25, 0.3) is 0 Å². The smallest absolute Gasteiger partial charge is 0.145 e. The maximum atomic E-state index is 9.58. The number of hydrogen-bond donors (Lipinski definition) is 0. The summed E-state index contributed by atoms with van der Waals surface area (Å²) in [5.41, 5.74) is 3.02. The number of nitrogens with zero attached hydrogens (tertiary/aromatic N) is 4. The molecule has 0 saturated carbocycles. The number of fused-ring (bicyclic) bond motifs is 2. The lowest BCUT2D eigenvalue weighted by molar-refractivity contribution is 0.848. The summed E-state index contributed by atoms with van der Waals surface area (Å²) in [6, 6.07) is 24.0. The van der Waals surface area contributed by atoms with Gasteiger partial charge in [-0.2, -0.15) is 5.26 Å². The number of nitriles is 1. The minimum atomic E-state index is 0.440. The van der Waals surface area contributed by atoms with E-state index in [-0.39, 0.29) is 0 Å². The molecule has 108 valence electrons. The molecule has 1 aromatic heterocycles. The van der Waals surface area contributed by atoms with Crippen LogP contribution >= 0.6 is 0 Å². The first-order valence-corrected chi connectivity index (χ1v) is 7.27. The van der Waals surface area contributed by atoms with Crippen molar-refractivity contribution in [3.63, 3.8) is 0 Å². The molecule has 0 unspecified atom stereocenters. The second-order valence-electron chi connectivity index (χ2n) is 5.20. The molecule has 0 aliphatic carbocycles. The second-order valence-corrected chi connectivity index (χ2v) is 5.20. The summed E-state index contributed by atoms with van der Waals surface area (Å²) in [7, 11) is 0. The van der Waals surface area contributed by atoms with E-state index in [1.807, 2.05) is 54.6 Å². The van der Waals surface area contributed by atoms with Crippen molar-refractivity contribution < 1.29 is 0 Å². The molecule has 0 fully saturated rings. The average Bonchev–Trinajstić information content (AvgIpc) is 3.04. The van der Waals surface area contributed by atoms with Crippen LogP contribution < -0.4 is 0 Å². The van der Waals surface area contributed by atoms with Crippen molar-refractivity contribution in [3.05, 3.63) is 72.3 Å². The van der Waals surface area contributed by atoms with Gasteiger partial charge in [-0.1, -0.05) is 59.8 Å². The minimum Gasteiger partial charge on any atom is -0.202 e. The largest absolute Gasteiger partial charge is 0.202 e. The quantitative estimate of drug-likeness (QED) is 0.523. The molecule has 3 aromatic carbocycles. The number of rotatable bonds is 2. The fourth-order valence-electron chi connectivity index (χ4n) is 2.71. The summed E-state index contributed by atoms with van der Waals surface area (Å²) in [5, 5.41) is 20.1. The first kappa shape index (κ1) is 13.2. The van der Waals surface area contributed by atoms with Crippen LogP contribution in [-0.2, 0) is 0 Å². The van der Waals surface area contributed by atoms with Gasteiger partial charge in [0.05, 0.1) is 5.52 Å². The fraction of sp³-hybridized carbons (Fsp3) is 0. The molecule has 0 spiro atoms. The molecule has 0 amide bonds. The molecule has 0 radical (unpaired) electrons. The zero-order valence-corrected chi connectivity index (χ0v) is 12.2. The Kier molecular flexibility index (Phi) is 3.10. The SMILES string of the molecule is N#C/C(=C/c1cccc2ccccc12)n1nnc2ccccc21. The van der Waals surface area contributed by atoms with E-state index < -0.39 is 0 Å². The van der Waals surface area contributed by atoms with Crippen LogP contribution in [0.25, 0.3) is 33.6 Å². The number of aromatic nitrogens is 3. The second kappa shape index (κ2) is 5.39. The molecule has 0 atom stereocenters. The Hall–Kier alpha value is -3.45. The van der Waals surface area contributed by atoms with Gasteiger partial charge in [-0.05, 0) is 34.5 Å². The first-order chi connectivity index (χ1) is 11.4. The topological polar surface area (TPSA) is 54.5 Å². The summed E-state index contributed by atoms with van der Waals surface area (Å²) >= 11 is 0. The van der Waals surface area contributed by atoms with Gasteiger partial charge < -0.3 is 0 Å². The van der Waals surface area contributed by atoms with Crippen LogP contribution in [0.3, 0.4) is 0 Å². The van der Waals surface area contributed by atoms with Gasteiger partial charge >= 0.3 is 0 Å². The van der Waals surface area contributed by atoms with Crippen LogP contribution in [0.15, 0.2) is 66.7 Å². The average molecular weight is 296 g/mol. The number of hydrogen-bond acceptors (Lipinski definition) is 3. The number of para-hydroxylation sites is 1. The molecule has 4 rings (SSSR count). The molecule has 0 N–H and O–H groups in total. The van der Waals surface area contributed by atoms with Crippen molar-refractivity contribution >= 4 is 33.6 Å². The summed E-state index contributed by atoms with van der Waals surface area (Å²) in [4.78, 5) is 0. The zero-order chi connectivity index (χ0) is 15.6. The molecular formula is C19H12N4. The lowest BCUT2D eigenvalue weighted by Crippen LogP contribution is -1.97. The Morgan fingerprint density at radius 3 is 2.65 bits per heavy atom. The molecule has 23 heavy (non-hydrogen) atoms. The highest BCUT2D eigenvalue weighted by Gasteiger charge is 2.08. The van der Waals surface area contributed by atoms with Crippen LogP contribution in [0.2, 0.25) is 0 Å². The predicted molar refractivity (Wildman–Crippen MR) is 91.3 cm³/mol. The van der Waals surface area contributed by atoms with Crippen LogP contribution in [0, 0.1) is 11.3 Å². The Morgan fingerprint density at radius 1 is 0.957 bits per heavy atom. The Morgan fingerprint density at radius 2 is 1.74 bits per heavy atom. The maximum absolute atomic E-state index is 9.58. The van der Waals surface area contributed by atoms with E-state index in [0.717, 1.165) is 27.4 Å². The third-order valence-corrected chi connectivity index (χ3v) is 3.81. The van der Waals surface area contributed by atoms with Gasteiger partial charge in [0, 0.05) is 0 Å². The lowest BCUT2D eigenvalue weighted by Gasteiger charge is -2.04. The standard InChI is InChI=1S/C19H12N4/c20-13-16(23-19-11-4-3-10-18(19)21-22-23)12-15-8-5-7-14-6-1-2-9-17(14)15/h1-12H/b16-12-. The van der Waals surface area contributed by atoms with Crippen LogP contribution in [0.5, 0.6) is 0 Å². The third kappa shape index (κ3) is 2.25. The highest BCUT2D eigenvalue weighted by Crippen LogP contribution is 2.23. The van der Waals surface area contributed by atoms with Crippen molar-refractivity contribution in [2.45, 2.75) is 0 Å². The van der Waals surface area contributed by atoms with Crippen molar-refractivity contribution in [1.82, 2.24) is 15.0 Å². The van der Waals surface area contributed by atoms with Gasteiger partial charge in [0.2, 0.25) is 0 Å². The first-order valence-electron chi connectivity index (χ1n) is 7.27. The van der Waals surface area contributed by atoms with Gasteiger partial charge in [0.15, 0.2) is 0 Å². The van der Waals surface area contributed by atoms with Crippen LogP contribution in [0.4, 0.5) is 0 Å². The van der Waals surface area contributed by atoms with E-state index in [2.05, 4.69) is 34.6 Å². The molecule has 4 heteroatoms. The molecule has 4 nitrogen and oxygen atoms in total. The van der Waals surface area contributed by atoms with Crippen LogP contribution in [-0.4, -0.2) is 15.0 Å². The molecule has 0 aliphatic heterocycles. The third-order valence-electron chi connectivity index (χ3n) is 3.81. The molecule has 0 bridgehead atoms. The normalized spacial score (nSPS) is 11.7. The van der Waals surface area contributed by atoms with Crippen molar-refractivity contribution in [1.29, 1.82) is 5.26 Å². The van der Waals surface area contributed by atoms with E-state index in [1.165, 1.54) is 0 Å². The summed E-state index contributed by atoms with van der Waals surface area (Å²) in [5.74, 6) is 0. The molecule has 0 aliphatic rings. The Balaban J connectivity index is 1.93. The number of allylic oxidation sites excluding steroid dienone is 1. The van der Waals surface area contributed by atoms with Gasteiger partial charge in [-0.25, -0.2) is 4.68 Å². The van der Waals surface area contributed by atoms with E-state index >= 15 is 0 Å². The molecule has 0 saturated heterocycles. The summed E-state index contributed by atoms with van der Waals surface area (Å²) in [6.07, 6.45) is 1.85. The monoisotopic (exact) mass is 296 g/mol. The van der Waals surface area contributed by atoms with Crippen molar-refractivity contribution in [2.75, 3.05) is 0 Å². The molecule has 1 heterocycles. The fourth-order valence-corrected chi connectivity index (χ4v) is 2.71. The highest BCUT2D eigenvalue weighted by molar-refractivity contribution is 5.96. The number of benzene rings is 3. The van der Waals surface area contributed by atoms with E-state index in [9.17, 15) is 5.26 Å². The Labute approximate surface area is 132 Å². The predicted octanol–water partition coefficient (Wildman–Crippen LogP) is 4.11. The lowest BCUT2D eigenvalue weighted by atomic mass is 10.0. The van der Waals surface area contributed by atoms with Crippen molar-refractivity contribution in [2.24, 2.45) is 0 Å². The van der Waals surface area contributed by atoms with Gasteiger partial charge in [0.1, 0.15) is 17.3 Å². The molecule has 4 aromatic rings. The van der Waals surface area contributed by atoms with E-state index in [0.29, 0.717) is 5.70 Å². The van der Waals surface area contributed by atoms with Crippen molar-refractivity contribution in [3.8, 4) is 6.07 Å². The maximum Gasteiger partial charge on any atom is 0.145 e. The van der Waals surface area contributed by atoms with Crippen LogP contribution in [0.1, 0.15) is 5.56 Å². The van der Waals surface area contributed by atoms with Gasteiger partial charge in [-0.15, -0.1) is 5.10 Å².